The molecule has 8 heteroatoms. The Morgan fingerprint density at radius 1 is 1.19 bits per heavy atom. The van der Waals surface area contributed by atoms with Crippen molar-refractivity contribution in [3.05, 3.63) is 29.8 Å². The van der Waals surface area contributed by atoms with Gasteiger partial charge in [0.15, 0.2) is 6.10 Å². The van der Waals surface area contributed by atoms with E-state index < -0.39 is 22.1 Å². The molecule has 0 radical (unpaired) electrons. The van der Waals surface area contributed by atoms with Gasteiger partial charge in [0.1, 0.15) is 0 Å². The van der Waals surface area contributed by atoms with Crippen LogP contribution in [0.15, 0.2) is 29.2 Å². The number of nitrogens with one attached hydrogen (secondary N) is 1. The van der Waals surface area contributed by atoms with E-state index in [4.69, 9.17) is 4.74 Å². The van der Waals surface area contributed by atoms with Crippen molar-refractivity contribution in [1.82, 2.24) is 9.62 Å². The number of nitrogens with zero attached hydrogens (tertiary/aromatic N) is 1. The van der Waals surface area contributed by atoms with Crippen LogP contribution in [-0.4, -0.2) is 49.8 Å². The number of amides is 1. The van der Waals surface area contributed by atoms with Gasteiger partial charge in [0, 0.05) is 19.1 Å². The Morgan fingerprint density at radius 2 is 1.88 bits per heavy atom. The van der Waals surface area contributed by atoms with Crippen LogP contribution in [0.3, 0.4) is 0 Å². The van der Waals surface area contributed by atoms with Crippen LogP contribution in [0.1, 0.15) is 49.4 Å². The minimum absolute atomic E-state index is 0.0731. The van der Waals surface area contributed by atoms with E-state index >= 15 is 0 Å². The summed E-state index contributed by atoms with van der Waals surface area (Å²) in [5, 5.41) is 2.77. The summed E-state index contributed by atoms with van der Waals surface area (Å²) in [7, 11) is -3.62. The lowest BCUT2D eigenvalue weighted by atomic mass is 10.2. The fourth-order valence-corrected chi connectivity index (χ4v) is 4.43. The van der Waals surface area contributed by atoms with Gasteiger partial charge in [-0.1, -0.05) is 12.5 Å². The normalized spacial score (nSPS) is 19.6. The molecular formula is C18H24N2O5S. The number of ether oxygens (including phenoxy) is 1. The van der Waals surface area contributed by atoms with E-state index in [0.29, 0.717) is 13.1 Å². The second-order valence-electron chi connectivity index (χ2n) is 6.82. The molecular weight excluding hydrogens is 356 g/mol. The van der Waals surface area contributed by atoms with Gasteiger partial charge >= 0.3 is 5.97 Å². The van der Waals surface area contributed by atoms with E-state index in [9.17, 15) is 18.0 Å². The largest absolute Gasteiger partial charge is 0.449 e. The molecule has 1 N–H and O–H groups in total. The van der Waals surface area contributed by atoms with Crippen molar-refractivity contribution in [3.8, 4) is 0 Å². The Kier molecular flexibility index (Phi) is 5.62. The van der Waals surface area contributed by atoms with Crippen molar-refractivity contribution in [2.45, 2.75) is 56.1 Å². The fraction of sp³-hybridized carbons (Fsp3) is 0.556. The van der Waals surface area contributed by atoms with Gasteiger partial charge in [-0.25, -0.2) is 13.2 Å². The number of hydrogen-bond acceptors (Lipinski definition) is 5. The van der Waals surface area contributed by atoms with Gasteiger partial charge in [-0.15, -0.1) is 0 Å². The summed E-state index contributed by atoms with van der Waals surface area (Å²) in [6.07, 6.45) is 3.68. The van der Waals surface area contributed by atoms with E-state index in [0.717, 1.165) is 32.1 Å². The third-order valence-corrected chi connectivity index (χ3v) is 6.49. The first-order chi connectivity index (χ1) is 12.4. The predicted molar refractivity (Wildman–Crippen MR) is 95.1 cm³/mol. The number of piperidine rings is 1. The minimum Gasteiger partial charge on any atom is -0.449 e. The molecule has 2 fully saturated rings. The zero-order valence-corrected chi connectivity index (χ0v) is 15.6. The molecule has 0 aromatic heterocycles. The van der Waals surface area contributed by atoms with E-state index in [1.54, 1.807) is 0 Å². The lowest BCUT2D eigenvalue weighted by Gasteiger charge is -2.26. The summed E-state index contributed by atoms with van der Waals surface area (Å²) >= 11 is 0. The van der Waals surface area contributed by atoms with Crippen LogP contribution in [0.5, 0.6) is 0 Å². The Hall–Kier alpha value is -1.93. The Balaban J connectivity index is 1.69. The number of esters is 1. The molecule has 1 heterocycles. The van der Waals surface area contributed by atoms with Gasteiger partial charge in [-0.3, -0.25) is 4.79 Å². The maximum Gasteiger partial charge on any atom is 0.338 e. The van der Waals surface area contributed by atoms with Crippen LogP contribution in [0.2, 0.25) is 0 Å². The fourth-order valence-electron chi connectivity index (χ4n) is 2.87. The number of benzene rings is 1. The van der Waals surface area contributed by atoms with Crippen molar-refractivity contribution in [3.63, 3.8) is 0 Å². The van der Waals surface area contributed by atoms with E-state index in [-0.39, 0.29) is 22.4 Å². The molecule has 2 aliphatic rings. The first kappa shape index (κ1) is 18.8. The van der Waals surface area contributed by atoms with Crippen LogP contribution in [0, 0.1) is 0 Å². The van der Waals surface area contributed by atoms with Crippen molar-refractivity contribution in [2.75, 3.05) is 13.1 Å². The molecule has 3 rings (SSSR count). The van der Waals surface area contributed by atoms with Crippen LogP contribution >= 0.6 is 0 Å². The van der Waals surface area contributed by atoms with Crippen LogP contribution in [0.25, 0.3) is 0 Å². The van der Waals surface area contributed by atoms with E-state index in [1.807, 2.05) is 0 Å². The molecule has 1 aliphatic heterocycles. The van der Waals surface area contributed by atoms with Gasteiger partial charge in [0.05, 0.1) is 10.5 Å². The summed E-state index contributed by atoms with van der Waals surface area (Å²) in [5.74, 6) is -1.04. The highest BCUT2D eigenvalue weighted by Crippen LogP contribution is 2.22. The highest BCUT2D eigenvalue weighted by Gasteiger charge is 2.29. The summed E-state index contributed by atoms with van der Waals surface area (Å²) < 4.78 is 32.1. The Labute approximate surface area is 153 Å². The van der Waals surface area contributed by atoms with Crippen molar-refractivity contribution < 1.29 is 22.7 Å². The number of hydrogen-bond donors (Lipinski definition) is 1. The van der Waals surface area contributed by atoms with E-state index in [2.05, 4.69) is 5.32 Å². The van der Waals surface area contributed by atoms with Crippen molar-refractivity contribution in [1.29, 1.82) is 0 Å². The van der Waals surface area contributed by atoms with E-state index in [1.165, 1.54) is 35.5 Å². The molecule has 1 aromatic rings. The molecule has 1 amide bonds. The second kappa shape index (κ2) is 7.75. The monoisotopic (exact) mass is 380 g/mol. The molecule has 0 unspecified atom stereocenters. The molecule has 1 aromatic carbocycles. The third kappa shape index (κ3) is 4.42. The zero-order chi connectivity index (χ0) is 18.7. The maximum absolute atomic E-state index is 12.7. The van der Waals surface area contributed by atoms with Gasteiger partial charge in [-0.05, 0) is 50.8 Å². The number of sulfonamides is 1. The maximum atomic E-state index is 12.7. The molecule has 1 saturated heterocycles. The Bertz CT molecular complexity index is 783. The molecule has 1 atom stereocenters. The predicted octanol–water partition coefficient (Wildman–Crippen LogP) is 1.69. The van der Waals surface area contributed by atoms with Gasteiger partial charge < -0.3 is 10.1 Å². The second-order valence-corrected chi connectivity index (χ2v) is 8.76. The molecule has 1 aliphatic carbocycles. The van der Waals surface area contributed by atoms with Crippen molar-refractivity contribution >= 4 is 21.9 Å². The first-order valence-electron chi connectivity index (χ1n) is 8.99. The van der Waals surface area contributed by atoms with Gasteiger partial charge in [0.25, 0.3) is 5.91 Å². The highest BCUT2D eigenvalue weighted by molar-refractivity contribution is 7.89. The molecule has 7 nitrogen and oxygen atoms in total. The lowest BCUT2D eigenvalue weighted by molar-refractivity contribution is -0.129. The average Bonchev–Trinajstić information content (AvgIpc) is 3.46. The summed E-state index contributed by atoms with van der Waals surface area (Å²) in [6, 6.07) is 5.98. The smallest absolute Gasteiger partial charge is 0.338 e. The molecule has 1 saturated carbocycles. The van der Waals surface area contributed by atoms with Gasteiger partial charge in [-0.2, -0.15) is 4.31 Å². The summed E-state index contributed by atoms with van der Waals surface area (Å²) in [5.41, 5.74) is 0.120. The number of rotatable bonds is 6. The summed E-state index contributed by atoms with van der Waals surface area (Å²) in [6.45, 7) is 2.49. The van der Waals surface area contributed by atoms with Crippen LogP contribution < -0.4 is 5.32 Å². The minimum atomic E-state index is -3.62. The van der Waals surface area contributed by atoms with Crippen LogP contribution in [-0.2, 0) is 19.6 Å². The quantitative estimate of drug-likeness (QED) is 0.758. The standard InChI is InChI=1S/C18H24N2O5S/c1-13(17(21)19-15-8-9-15)25-18(22)14-6-5-7-16(12-14)26(23,24)20-10-3-2-4-11-20/h5-7,12-13,15H,2-4,8-11H2,1H3,(H,19,21)/t13-/m0/s1. The third-order valence-electron chi connectivity index (χ3n) is 4.60. The van der Waals surface area contributed by atoms with Crippen molar-refractivity contribution in [2.24, 2.45) is 0 Å². The molecule has 142 valence electrons. The first-order valence-corrected chi connectivity index (χ1v) is 10.4. The molecule has 0 bridgehead atoms. The zero-order valence-electron chi connectivity index (χ0n) is 14.8. The molecule has 26 heavy (non-hydrogen) atoms. The summed E-state index contributed by atoms with van der Waals surface area (Å²) in [4.78, 5) is 24.3. The van der Waals surface area contributed by atoms with Crippen LogP contribution in [0.4, 0.5) is 0 Å². The number of carbonyl (C=O) groups is 2. The van der Waals surface area contributed by atoms with Gasteiger partial charge in [0.2, 0.25) is 10.0 Å². The topological polar surface area (TPSA) is 92.8 Å². The average molecular weight is 380 g/mol. The molecule has 0 spiro atoms. The Morgan fingerprint density at radius 3 is 2.54 bits per heavy atom. The number of carbonyl (C=O) groups excluding carboxylic acids is 2. The highest BCUT2D eigenvalue weighted by atomic mass is 32.2. The lowest BCUT2D eigenvalue weighted by Crippen LogP contribution is -2.37. The SMILES string of the molecule is C[C@H](OC(=O)c1cccc(S(=O)(=O)N2CCCCC2)c1)C(=O)NC1CC1.